The molecule has 2 N–H and O–H groups in total. The highest BCUT2D eigenvalue weighted by Gasteiger charge is 2.16. The number of aromatic nitrogens is 3. The van der Waals surface area contributed by atoms with Crippen molar-refractivity contribution in [3.05, 3.63) is 48.2 Å². The molecule has 0 radical (unpaired) electrons. The molecule has 3 rings (SSSR count). The van der Waals surface area contributed by atoms with Gasteiger partial charge in [0.05, 0.1) is 6.26 Å². The van der Waals surface area contributed by atoms with E-state index in [1.165, 1.54) is 0 Å². The summed E-state index contributed by atoms with van der Waals surface area (Å²) in [5.41, 5.74) is 8.16. The smallest absolute Gasteiger partial charge is 0.138 e. The molecule has 98 valence electrons. The summed E-state index contributed by atoms with van der Waals surface area (Å²) in [6, 6.07) is 7.77. The van der Waals surface area contributed by atoms with E-state index in [-0.39, 0.29) is 6.04 Å². The van der Waals surface area contributed by atoms with Gasteiger partial charge in [-0.3, -0.25) is 4.68 Å². The molecule has 1 unspecified atom stereocenters. The average Bonchev–Trinajstić information content (AvgIpc) is 3.04. The third-order valence-corrected chi connectivity index (χ3v) is 3.31. The van der Waals surface area contributed by atoms with Crippen molar-refractivity contribution in [2.45, 2.75) is 25.9 Å². The Morgan fingerprint density at radius 1 is 1.37 bits per heavy atom. The summed E-state index contributed by atoms with van der Waals surface area (Å²) >= 11 is 0. The molecular weight excluding hydrogens is 240 g/mol. The second-order valence-corrected chi connectivity index (χ2v) is 4.49. The first kappa shape index (κ1) is 11.9. The van der Waals surface area contributed by atoms with E-state index in [0.717, 1.165) is 28.9 Å². The number of fused-ring (bicyclic) bond motifs is 1. The zero-order valence-corrected chi connectivity index (χ0v) is 10.8. The lowest BCUT2D eigenvalue weighted by atomic mass is 10.0. The Labute approximate surface area is 111 Å². The van der Waals surface area contributed by atoms with E-state index in [0.29, 0.717) is 6.42 Å². The fourth-order valence-corrected chi connectivity index (χ4v) is 2.30. The Hall–Kier alpha value is -2.14. The van der Waals surface area contributed by atoms with Crippen LogP contribution in [0.1, 0.15) is 24.4 Å². The summed E-state index contributed by atoms with van der Waals surface area (Å²) in [6.07, 6.45) is 3.96. The molecule has 0 saturated heterocycles. The maximum absolute atomic E-state index is 6.28. The molecule has 5 heteroatoms. The van der Waals surface area contributed by atoms with Crippen molar-refractivity contribution in [3.63, 3.8) is 0 Å². The first-order valence-corrected chi connectivity index (χ1v) is 6.38. The van der Waals surface area contributed by atoms with E-state index >= 15 is 0 Å². The van der Waals surface area contributed by atoms with E-state index in [1.807, 2.05) is 35.9 Å². The molecule has 1 atom stereocenters. The lowest BCUT2D eigenvalue weighted by Crippen LogP contribution is -2.16. The fourth-order valence-electron chi connectivity index (χ4n) is 2.30. The van der Waals surface area contributed by atoms with Crippen LogP contribution in [0.5, 0.6) is 0 Å². The molecule has 0 saturated carbocycles. The van der Waals surface area contributed by atoms with Crippen molar-refractivity contribution in [1.29, 1.82) is 0 Å². The Morgan fingerprint density at radius 2 is 2.21 bits per heavy atom. The van der Waals surface area contributed by atoms with E-state index in [9.17, 15) is 0 Å². The Balaban J connectivity index is 1.90. The minimum atomic E-state index is -0.141. The van der Waals surface area contributed by atoms with Gasteiger partial charge < -0.3 is 10.2 Å². The van der Waals surface area contributed by atoms with Gasteiger partial charge in [-0.25, -0.2) is 4.98 Å². The molecule has 0 aliphatic rings. The number of aryl methyl sites for hydroxylation is 1. The number of hydrogen-bond donors (Lipinski definition) is 1. The van der Waals surface area contributed by atoms with Crippen LogP contribution in [0.2, 0.25) is 0 Å². The Kier molecular flexibility index (Phi) is 3.05. The lowest BCUT2D eigenvalue weighted by Gasteiger charge is -2.10. The van der Waals surface area contributed by atoms with E-state index in [2.05, 4.69) is 10.1 Å². The van der Waals surface area contributed by atoms with Crippen LogP contribution in [-0.2, 0) is 13.0 Å². The second-order valence-electron chi connectivity index (χ2n) is 4.49. The van der Waals surface area contributed by atoms with Crippen molar-refractivity contribution in [3.8, 4) is 0 Å². The fraction of sp³-hybridized carbons (Fsp3) is 0.286. The number of hydrogen-bond acceptors (Lipinski definition) is 4. The van der Waals surface area contributed by atoms with Crippen LogP contribution in [0.25, 0.3) is 11.0 Å². The summed E-state index contributed by atoms with van der Waals surface area (Å²) in [5, 5.41) is 5.23. The number of rotatable bonds is 4. The zero-order chi connectivity index (χ0) is 13.2. The number of benzene rings is 1. The monoisotopic (exact) mass is 256 g/mol. The third-order valence-electron chi connectivity index (χ3n) is 3.31. The molecule has 0 bridgehead atoms. The van der Waals surface area contributed by atoms with Gasteiger partial charge in [0.25, 0.3) is 0 Å². The molecule has 0 amide bonds. The molecule has 3 aromatic rings. The van der Waals surface area contributed by atoms with Crippen LogP contribution in [-0.4, -0.2) is 14.8 Å². The number of para-hydroxylation sites is 1. The molecule has 0 fully saturated rings. The molecule has 2 aromatic heterocycles. The first-order valence-electron chi connectivity index (χ1n) is 6.38. The van der Waals surface area contributed by atoms with Crippen molar-refractivity contribution in [2.24, 2.45) is 5.73 Å². The summed E-state index contributed by atoms with van der Waals surface area (Å²) in [5.74, 6) is 0.903. The molecule has 0 spiro atoms. The predicted octanol–water partition coefficient (Wildman–Crippen LogP) is 2.29. The van der Waals surface area contributed by atoms with Crippen LogP contribution < -0.4 is 5.73 Å². The van der Waals surface area contributed by atoms with Gasteiger partial charge in [0, 0.05) is 30.0 Å². The Morgan fingerprint density at radius 3 is 3.05 bits per heavy atom. The number of furan rings is 1. The maximum atomic E-state index is 6.28. The standard InChI is InChI=1S/C14H16N4O/c1-2-18-14(16-9-17-18)7-12(15)11-8-19-13-6-4-3-5-10(11)13/h3-6,8-9,12H,2,7,15H2,1H3. The van der Waals surface area contributed by atoms with Crippen LogP contribution in [0.4, 0.5) is 0 Å². The quantitative estimate of drug-likeness (QED) is 0.777. The largest absolute Gasteiger partial charge is 0.464 e. The molecule has 5 nitrogen and oxygen atoms in total. The average molecular weight is 256 g/mol. The first-order chi connectivity index (χ1) is 9.29. The van der Waals surface area contributed by atoms with Gasteiger partial charge in [-0.1, -0.05) is 18.2 Å². The van der Waals surface area contributed by atoms with Crippen molar-refractivity contribution < 1.29 is 4.42 Å². The number of nitrogens with zero attached hydrogens (tertiary/aromatic N) is 3. The van der Waals surface area contributed by atoms with Crippen LogP contribution in [0, 0.1) is 0 Å². The molecule has 1 aromatic carbocycles. The second kappa shape index (κ2) is 4.85. The van der Waals surface area contributed by atoms with Crippen molar-refractivity contribution in [1.82, 2.24) is 14.8 Å². The van der Waals surface area contributed by atoms with E-state index in [4.69, 9.17) is 10.2 Å². The Bertz CT molecular complexity index is 685. The van der Waals surface area contributed by atoms with Gasteiger partial charge in [-0.2, -0.15) is 5.10 Å². The molecule has 19 heavy (non-hydrogen) atoms. The van der Waals surface area contributed by atoms with Crippen LogP contribution in [0.15, 0.2) is 41.3 Å². The number of nitrogens with two attached hydrogens (primary N) is 1. The highest BCUT2D eigenvalue weighted by Crippen LogP contribution is 2.26. The minimum Gasteiger partial charge on any atom is -0.464 e. The van der Waals surface area contributed by atoms with Gasteiger partial charge in [0.2, 0.25) is 0 Å². The highest BCUT2D eigenvalue weighted by molar-refractivity contribution is 5.81. The minimum absolute atomic E-state index is 0.141. The van der Waals surface area contributed by atoms with Gasteiger partial charge in [-0.15, -0.1) is 0 Å². The SMILES string of the molecule is CCn1ncnc1CC(N)c1coc2ccccc12. The van der Waals surface area contributed by atoms with Gasteiger partial charge in [-0.05, 0) is 13.0 Å². The summed E-state index contributed by atoms with van der Waals surface area (Å²) in [4.78, 5) is 4.26. The van der Waals surface area contributed by atoms with Crippen LogP contribution in [0.3, 0.4) is 0 Å². The van der Waals surface area contributed by atoms with Crippen molar-refractivity contribution in [2.75, 3.05) is 0 Å². The normalized spacial score (nSPS) is 12.9. The predicted molar refractivity (Wildman–Crippen MR) is 72.5 cm³/mol. The molecular formula is C14H16N4O. The third kappa shape index (κ3) is 2.13. The van der Waals surface area contributed by atoms with Crippen molar-refractivity contribution >= 4 is 11.0 Å². The topological polar surface area (TPSA) is 69.9 Å². The summed E-state index contributed by atoms with van der Waals surface area (Å²) in [7, 11) is 0. The molecule has 0 aliphatic carbocycles. The van der Waals surface area contributed by atoms with E-state index < -0.39 is 0 Å². The zero-order valence-electron chi connectivity index (χ0n) is 10.8. The van der Waals surface area contributed by atoms with Gasteiger partial charge in [0.15, 0.2) is 0 Å². The van der Waals surface area contributed by atoms with Gasteiger partial charge in [0.1, 0.15) is 17.7 Å². The molecule has 2 heterocycles. The maximum Gasteiger partial charge on any atom is 0.138 e. The summed E-state index contributed by atoms with van der Waals surface area (Å²) < 4.78 is 7.39. The summed E-state index contributed by atoms with van der Waals surface area (Å²) in [6.45, 7) is 2.84. The highest BCUT2D eigenvalue weighted by atomic mass is 16.3. The van der Waals surface area contributed by atoms with E-state index in [1.54, 1.807) is 12.6 Å². The van der Waals surface area contributed by atoms with Gasteiger partial charge >= 0.3 is 0 Å². The lowest BCUT2D eigenvalue weighted by molar-refractivity contribution is 0.569. The van der Waals surface area contributed by atoms with Crippen LogP contribution >= 0.6 is 0 Å². The molecule has 0 aliphatic heterocycles.